The number of nitrogens with zero attached hydrogens (tertiary/aromatic N) is 1. The van der Waals surface area contributed by atoms with E-state index < -0.39 is 5.82 Å². The van der Waals surface area contributed by atoms with E-state index in [1.807, 2.05) is 11.8 Å². The van der Waals surface area contributed by atoms with Gasteiger partial charge in [0.25, 0.3) is 5.91 Å². The number of halogens is 1. The highest BCUT2D eigenvalue weighted by atomic mass is 19.1. The number of hydrogen-bond acceptors (Lipinski definition) is 2. The third-order valence-corrected chi connectivity index (χ3v) is 3.48. The molecule has 2 rings (SSSR count). The highest BCUT2D eigenvalue weighted by Gasteiger charge is 2.23. The minimum absolute atomic E-state index is 0.115. The first-order chi connectivity index (χ1) is 8.58. The normalized spacial score (nSPS) is 20.6. The van der Waals surface area contributed by atoms with Crippen molar-refractivity contribution in [1.29, 1.82) is 0 Å². The molecule has 0 bridgehead atoms. The molecule has 1 aliphatic heterocycles. The number of anilines is 1. The largest absolute Gasteiger partial charge is 0.399 e. The average Bonchev–Trinajstić information content (AvgIpc) is 2.51. The van der Waals surface area contributed by atoms with Gasteiger partial charge in [0, 0.05) is 23.8 Å². The van der Waals surface area contributed by atoms with Crippen LogP contribution < -0.4 is 5.73 Å². The van der Waals surface area contributed by atoms with E-state index in [0.717, 1.165) is 32.2 Å². The Morgan fingerprint density at radius 3 is 2.83 bits per heavy atom. The Morgan fingerprint density at radius 1 is 1.33 bits per heavy atom. The molecule has 0 aromatic heterocycles. The summed E-state index contributed by atoms with van der Waals surface area (Å²) in [5, 5.41) is 0. The van der Waals surface area contributed by atoms with Crippen LogP contribution >= 0.6 is 0 Å². The van der Waals surface area contributed by atoms with Gasteiger partial charge in [0.05, 0.1) is 0 Å². The van der Waals surface area contributed by atoms with E-state index in [0.29, 0.717) is 11.3 Å². The fraction of sp³-hybridized carbons (Fsp3) is 0.500. The second-order valence-corrected chi connectivity index (χ2v) is 4.97. The summed E-state index contributed by atoms with van der Waals surface area (Å²) in [5.74, 6) is -0.573. The first kappa shape index (κ1) is 12.9. The maximum absolute atomic E-state index is 13.3. The van der Waals surface area contributed by atoms with Gasteiger partial charge in [-0.15, -0.1) is 0 Å². The van der Waals surface area contributed by atoms with Crippen molar-refractivity contribution in [3.8, 4) is 0 Å². The molecule has 1 aliphatic rings. The molecule has 0 spiro atoms. The fourth-order valence-corrected chi connectivity index (χ4v) is 2.48. The molecule has 98 valence electrons. The van der Waals surface area contributed by atoms with Gasteiger partial charge in [0.1, 0.15) is 5.82 Å². The molecule has 1 saturated heterocycles. The lowest BCUT2D eigenvalue weighted by atomic mass is 10.1. The monoisotopic (exact) mass is 250 g/mol. The van der Waals surface area contributed by atoms with Gasteiger partial charge in [-0.3, -0.25) is 4.79 Å². The summed E-state index contributed by atoms with van der Waals surface area (Å²) in [6.45, 7) is 2.79. The van der Waals surface area contributed by atoms with Crippen LogP contribution in [-0.2, 0) is 0 Å². The topological polar surface area (TPSA) is 46.3 Å². The summed E-state index contributed by atoms with van der Waals surface area (Å²) in [4.78, 5) is 14.2. The molecule has 18 heavy (non-hydrogen) atoms. The van der Waals surface area contributed by atoms with Crippen molar-refractivity contribution in [3.63, 3.8) is 0 Å². The molecule has 1 aromatic carbocycles. The maximum Gasteiger partial charge on any atom is 0.254 e. The number of likely N-dealkylation sites (tertiary alicyclic amines) is 1. The van der Waals surface area contributed by atoms with Crippen LogP contribution in [0, 0.1) is 5.82 Å². The molecule has 1 amide bonds. The third kappa shape index (κ3) is 2.81. The van der Waals surface area contributed by atoms with Gasteiger partial charge >= 0.3 is 0 Å². The highest BCUT2D eigenvalue weighted by Crippen LogP contribution is 2.20. The summed E-state index contributed by atoms with van der Waals surface area (Å²) in [6, 6.07) is 4.24. The lowest BCUT2D eigenvalue weighted by Crippen LogP contribution is -2.38. The Hall–Kier alpha value is -1.58. The van der Waals surface area contributed by atoms with Crippen LogP contribution in [0.25, 0.3) is 0 Å². The Morgan fingerprint density at radius 2 is 2.11 bits per heavy atom. The van der Waals surface area contributed by atoms with Gasteiger partial charge in [0.2, 0.25) is 0 Å². The van der Waals surface area contributed by atoms with Crippen LogP contribution in [0.2, 0.25) is 0 Å². The molecular formula is C14H19FN2O. The first-order valence-electron chi connectivity index (χ1n) is 6.45. The second kappa shape index (κ2) is 5.38. The molecule has 0 radical (unpaired) electrons. The standard InChI is InChI=1S/C14H19FN2O/c1-10-5-3-2-4-6-17(10)14(18)11-7-12(15)9-13(16)8-11/h7-10H,2-6,16H2,1H3. The molecule has 1 heterocycles. The molecule has 0 aliphatic carbocycles. The van der Waals surface area contributed by atoms with Gasteiger partial charge in [0.15, 0.2) is 0 Å². The van der Waals surface area contributed by atoms with Crippen LogP contribution in [-0.4, -0.2) is 23.4 Å². The Balaban J connectivity index is 2.23. The Labute approximate surface area is 107 Å². The molecule has 2 N–H and O–H groups in total. The maximum atomic E-state index is 13.3. The molecular weight excluding hydrogens is 231 g/mol. The number of amides is 1. The zero-order valence-corrected chi connectivity index (χ0v) is 10.7. The Kier molecular flexibility index (Phi) is 3.84. The van der Waals surface area contributed by atoms with E-state index in [9.17, 15) is 9.18 Å². The van der Waals surface area contributed by atoms with Crippen molar-refractivity contribution >= 4 is 11.6 Å². The molecule has 3 nitrogen and oxygen atoms in total. The zero-order chi connectivity index (χ0) is 13.1. The SMILES string of the molecule is CC1CCCCCN1C(=O)c1cc(N)cc(F)c1. The van der Waals surface area contributed by atoms with Crippen molar-refractivity contribution in [2.24, 2.45) is 0 Å². The summed E-state index contributed by atoms with van der Waals surface area (Å²) in [6.07, 6.45) is 4.33. The minimum Gasteiger partial charge on any atom is -0.399 e. The van der Waals surface area contributed by atoms with E-state index in [1.54, 1.807) is 6.07 Å². The summed E-state index contributed by atoms with van der Waals surface area (Å²) in [7, 11) is 0. The van der Waals surface area contributed by atoms with Crippen molar-refractivity contribution in [2.45, 2.75) is 38.6 Å². The molecule has 1 fully saturated rings. The van der Waals surface area contributed by atoms with Crippen molar-refractivity contribution in [3.05, 3.63) is 29.6 Å². The van der Waals surface area contributed by atoms with Crippen LogP contribution in [0.15, 0.2) is 18.2 Å². The van der Waals surface area contributed by atoms with Gasteiger partial charge < -0.3 is 10.6 Å². The van der Waals surface area contributed by atoms with Gasteiger partial charge in [-0.25, -0.2) is 4.39 Å². The number of benzene rings is 1. The quantitative estimate of drug-likeness (QED) is 0.779. The number of carbonyl (C=O) groups excluding carboxylic acids is 1. The van der Waals surface area contributed by atoms with Crippen LogP contribution in [0.1, 0.15) is 43.0 Å². The van der Waals surface area contributed by atoms with E-state index in [4.69, 9.17) is 5.73 Å². The van der Waals surface area contributed by atoms with Crippen LogP contribution in [0.5, 0.6) is 0 Å². The van der Waals surface area contributed by atoms with Gasteiger partial charge in [-0.1, -0.05) is 12.8 Å². The van der Waals surface area contributed by atoms with E-state index in [-0.39, 0.29) is 11.9 Å². The van der Waals surface area contributed by atoms with E-state index in [2.05, 4.69) is 0 Å². The van der Waals surface area contributed by atoms with Crippen molar-refractivity contribution < 1.29 is 9.18 Å². The molecule has 1 atom stereocenters. The van der Waals surface area contributed by atoms with Crippen molar-refractivity contribution in [2.75, 3.05) is 12.3 Å². The lowest BCUT2D eigenvalue weighted by molar-refractivity contribution is 0.0697. The molecule has 4 heteroatoms. The number of carbonyl (C=O) groups is 1. The van der Waals surface area contributed by atoms with E-state index in [1.165, 1.54) is 12.1 Å². The van der Waals surface area contributed by atoms with Crippen LogP contribution in [0.3, 0.4) is 0 Å². The zero-order valence-electron chi connectivity index (χ0n) is 10.7. The minimum atomic E-state index is -0.458. The number of nitrogen functional groups attached to an aromatic ring is 1. The fourth-order valence-electron chi connectivity index (χ4n) is 2.48. The van der Waals surface area contributed by atoms with E-state index >= 15 is 0 Å². The summed E-state index contributed by atoms with van der Waals surface area (Å²) in [5.41, 5.74) is 6.22. The van der Waals surface area contributed by atoms with Crippen molar-refractivity contribution in [1.82, 2.24) is 4.90 Å². The predicted molar refractivity (Wildman–Crippen MR) is 69.8 cm³/mol. The number of rotatable bonds is 1. The smallest absolute Gasteiger partial charge is 0.254 e. The van der Waals surface area contributed by atoms with Gasteiger partial charge in [-0.05, 0) is 38.0 Å². The molecule has 1 unspecified atom stereocenters. The molecule has 1 aromatic rings. The molecule has 0 saturated carbocycles. The summed E-state index contributed by atoms with van der Waals surface area (Å²) < 4.78 is 13.3. The Bertz CT molecular complexity index is 427. The number of nitrogens with two attached hydrogens (primary N) is 1. The predicted octanol–water partition coefficient (Wildman–Crippen LogP) is 2.81. The highest BCUT2D eigenvalue weighted by molar-refractivity contribution is 5.95. The first-order valence-corrected chi connectivity index (χ1v) is 6.45. The second-order valence-electron chi connectivity index (χ2n) is 4.97. The average molecular weight is 250 g/mol. The number of hydrogen-bond donors (Lipinski definition) is 1. The summed E-state index contributed by atoms with van der Waals surface area (Å²) >= 11 is 0. The van der Waals surface area contributed by atoms with Crippen LogP contribution in [0.4, 0.5) is 10.1 Å². The third-order valence-electron chi connectivity index (χ3n) is 3.48. The van der Waals surface area contributed by atoms with Gasteiger partial charge in [-0.2, -0.15) is 0 Å². The lowest BCUT2D eigenvalue weighted by Gasteiger charge is -2.27.